The highest BCUT2D eigenvalue weighted by atomic mass is 35.5. The molecular formula is C17H20ClN3OS. The van der Waals surface area contributed by atoms with E-state index in [0.29, 0.717) is 16.1 Å². The summed E-state index contributed by atoms with van der Waals surface area (Å²) in [6, 6.07) is 7.54. The SMILES string of the molecule is CCC(CC)c1nnc(NC(=O)C2(c3ccc(Cl)cc3)CC2)s1. The largest absolute Gasteiger partial charge is 0.300 e. The first-order valence-corrected chi connectivity index (χ1v) is 9.19. The van der Waals surface area contributed by atoms with Crippen LogP contribution in [-0.4, -0.2) is 16.1 Å². The second-order valence-electron chi connectivity index (χ2n) is 6.00. The first kappa shape index (κ1) is 16.4. The zero-order chi connectivity index (χ0) is 16.4. The Hall–Kier alpha value is -1.46. The van der Waals surface area contributed by atoms with Gasteiger partial charge in [-0.15, -0.1) is 10.2 Å². The second kappa shape index (κ2) is 6.57. The molecule has 0 unspecified atom stereocenters. The highest BCUT2D eigenvalue weighted by Crippen LogP contribution is 2.49. The number of nitrogens with one attached hydrogen (secondary N) is 1. The molecule has 4 nitrogen and oxygen atoms in total. The Morgan fingerprint density at radius 1 is 1.26 bits per heavy atom. The topological polar surface area (TPSA) is 54.9 Å². The van der Waals surface area contributed by atoms with E-state index in [0.717, 1.165) is 36.3 Å². The van der Waals surface area contributed by atoms with E-state index in [-0.39, 0.29) is 5.91 Å². The van der Waals surface area contributed by atoms with E-state index < -0.39 is 5.41 Å². The monoisotopic (exact) mass is 349 g/mol. The molecule has 0 radical (unpaired) electrons. The number of aromatic nitrogens is 2. The molecule has 0 atom stereocenters. The van der Waals surface area contributed by atoms with Crippen LogP contribution < -0.4 is 5.32 Å². The van der Waals surface area contributed by atoms with Crippen LogP contribution in [0.25, 0.3) is 0 Å². The van der Waals surface area contributed by atoms with Crippen LogP contribution in [0.2, 0.25) is 5.02 Å². The number of benzene rings is 1. The van der Waals surface area contributed by atoms with E-state index in [1.807, 2.05) is 24.3 Å². The molecule has 1 N–H and O–H groups in total. The molecule has 1 amide bonds. The average Bonchev–Trinajstić information content (AvgIpc) is 3.25. The van der Waals surface area contributed by atoms with Crippen LogP contribution in [0.15, 0.2) is 24.3 Å². The molecule has 3 rings (SSSR count). The summed E-state index contributed by atoms with van der Waals surface area (Å²) in [5.41, 5.74) is 0.592. The molecule has 6 heteroatoms. The minimum Gasteiger partial charge on any atom is -0.300 e. The molecule has 23 heavy (non-hydrogen) atoms. The lowest BCUT2D eigenvalue weighted by atomic mass is 9.95. The van der Waals surface area contributed by atoms with Crippen molar-refractivity contribution in [1.29, 1.82) is 0 Å². The van der Waals surface area contributed by atoms with Gasteiger partial charge in [0, 0.05) is 10.9 Å². The van der Waals surface area contributed by atoms with Crippen molar-refractivity contribution >= 4 is 34.0 Å². The molecule has 0 saturated heterocycles. The van der Waals surface area contributed by atoms with E-state index in [2.05, 4.69) is 29.4 Å². The molecule has 1 aromatic heterocycles. The zero-order valence-corrected chi connectivity index (χ0v) is 14.9. The summed E-state index contributed by atoms with van der Waals surface area (Å²) >= 11 is 7.42. The molecule has 0 aliphatic heterocycles. The molecule has 0 spiro atoms. The van der Waals surface area contributed by atoms with Gasteiger partial charge in [0.25, 0.3) is 0 Å². The summed E-state index contributed by atoms with van der Waals surface area (Å²) in [4.78, 5) is 12.7. The minimum absolute atomic E-state index is 0.00655. The van der Waals surface area contributed by atoms with Crippen molar-refractivity contribution in [2.24, 2.45) is 0 Å². The van der Waals surface area contributed by atoms with Gasteiger partial charge in [0.05, 0.1) is 5.41 Å². The Morgan fingerprint density at radius 2 is 1.91 bits per heavy atom. The van der Waals surface area contributed by atoms with Gasteiger partial charge >= 0.3 is 0 Å². The van der Waals surface area contributed by atoms with Crippen LogP contribution in [-0.2, 0) is 10.2 Å². The molecule has 1 heterocycles. The summed E-state index contributed by atoms with van der Waals surface area (Å²) < 4.78 is 0. The Morgan fingerprint density at radius 3 is 2.48 bits per heavy atom. The van der Waals surface area contributed by atoms with Crippen LogP contribution in [0.1, 0.15) is 56.0 Å². The number of halogens is 1. The molecule has 2 aromatic rings. The van der Waals surface area contributed by atoms with Crippen molar-refractivity contribution in [2.45, 2.75) is 50.9 Å². The number of hydrogen-bond donors (Lipinski definition) is 1. The third-order valence-electron chi connectivity index (χ3n) is 4.58. The standard InChI is InChI=1S/C17H20ClN3OS/c1-3-11(4-2)14-20-21-16(23-14)19-15(22)17(9-10-17)12-5-7-13(18)8-6-12/h5-8,11H,3-4,9-10H2,1-2H3,(H,19,21,22). The number of anilines is 1. The van der Waals surface area contributed by atoms with Crippen molar-refractivity contribution in [3.8, 4) is 0 Å². The van der Waals surface area contributed by atoms with E-state index in [4.69, 9.17) is 11.6 Å². The maximum absolute atomic E-state index is 12.7. The Kier molecular flexibility index (Phi) is 4.69. The predicted octanol–water partition coefficient (Wildman–Crippen LogP) is 4.77. The fraction of sp³-hybridized carbons (Fsp3) is 0.471. The smallest absolute Gasteiger partial charge is 0.236 e. The van der Waals surface area contributed by atoms with Crippen molar-refractivity contribution in [1.82, 2.24) is 10.2 Å². The van der Waals surface area contributed by atoms with Crippen LogP contribution in [0, 0.1) is 0 Å². The lowest BCUT2D eigenvalue weighted by molar-refractivity contribution is -0.118. The zero-order valence-electron chi connectivity index (χ0n) is 13.3. The number of rotatable bonds is 6. The molecule has 1 fully saturated rings. The van der Waals surface area contributed by atoms with E-state index in [1.165, 1.54) is 11.3 Å². The lowest BCUT2D eigenvalue weighted by Crippen LogP contribution is -2.27. The second-order valence-corrected chi connectivity index (χ2v) is 7.45. The summed E-state index contributed by atoms with van der Waals surface area (Å²) in [5, 5.41) is 13.6. The van der Waals surface area contributed by atoms with Gasteiger partial charge in [-0.1, -0.05) is 48.9 Å². The van der Waals surface area contributed by atoms with Gasteiger partial charge < -0.3 is 0 Å². The third kappa shape index (κ3) is 3.26. The van der Waals surface area contributed by atoms with Gasteiger partial charge in [0.2, 0.25) is 11.0 Å². The molecule has 1 aromatic carbocycles. The number of hydrogen-bond acceptors (Lipinski definition) is 4. The highest BCUT2D eigenvalue weighted by molar-refractivity contribution is 7.15. The highest BCUT2D eigenvalue weighted by Gasteiger charge is 2.51. The molecule has 1 aliphatic carbocycles. The maximum Gasteiger partial charge on any atom is 0.236 e. The van der Waals surface area contributed by atoms with Crippen LogP contribution in [0.5, 0.6) is 0 Å². The molecule has 1 aliphatic rings. The average molecular weight is 350 g/mol. The fourth-order valence-electron chi connectivity index (χ4n) is 2.85. The van der Waals surface area contributed by atoms with Crippen molar-refractivity contribution in [3.05, 3.63) is 39.9 Å². The Labute approximate surface area is 145 Å². The van der Waals surface area contributed by atoms with Crippen molar-refractivity contribution in [3.63, 3.8) is 0 Å². The summed E-state index contributed by atoms with van der Waals surface area (Å²) in [5.74, 6) is 0.427. The first-order valence-electron chi connectivity index (χ1n) is 8.00. The van der Waals surface area contributed by atoms with Crippen molar-refractivity contribution in [2.75, 3.05) is 5.32 Å². The molecular weight excluding hydrogens is 330 g/mol. The maximum atomic E-state index is 12.7. The fourth-order valence-corrected chi connectivity index (χ4v) is 3.98. The lowest BCUT2D eigenvalue weighted by Gasteiger charge is -2.14. The van der Waals surface area contributed by atoms with Gasteiger partial charge in [-0.3, -0.25) is 10.1 Å². The van der Waals surface area contributed by atoms with Gasteiger partial charge in [0.15, 0.2) is 0 Å². The number of carbonyl (C=O) groups is 1. The number of carbonyl (C=O) groups excluding carboxylic acids is 1. The number of amides is 1. The first-order chi connectivity index (χ1) is 11.1. The Bertz CT molecular complexity index is 690. The minimum atomic E-state index is -0.425. The van der Waals surface area contributed by atoms with Crippen LogP contribution >= 0.6 is 22.9 Å². The van der Waals surface area contributed by atoms with Gasteiger partial charge in [-0.25, -0.2) is 0 Å². The van der Waals surface area contributed by atoms with Crippen molar-refractivity contribution < 1.29 is 4.79 Å². The van der Waals surface area contributed by atoms with E-state index in [1.54, 1.807) is 0 Å². The van der Waals surface area contributed by atoms with E-state index >= 15 is 0 Å². The van der Waals surface area contributed by atoms with Gasteiger partial charge in [-0.05, 0) is 43.4 Å². The van der Waals surface area contributed by atoms with Crippen LogP contribution in [0.3, 0.4) is 0 Å². The van der Waals surface area contributed by atoms with Gasteiger partial charge in [-0.2, -0.15) is 0 Å². The normalized spacial score (nSPS) is 15.7. The summed E-state index contributed by atoms with van der Waals surface area (Å²) in [6.45, 7) is 4.29. The van der Waals surface area contributed by atoms with Gasteiger partial charge in [0.1, 0.15) is 5.01 Å². The summed E-state index contributed by atoms with van der Waals surface area (Å²) in [6.07, 6.45) is 3.79. The number of nitrogens with zero attached hydrogens (tertiary/aromatic N) is 2. The quantitative estimate of drug-likeness (QED) is 0.817. The molecule has 1 saturated carbocycles. The Balaban J connectivity index is 1.73. The molecule has 122 valence electrons. The van der Waals surface area contributed by atoms with Crippen LogP contribution in [0.4, 0.5) is 5.13 Å². The molecule has 0 bridgehead atoms. The predicted molar refractivity (Wildman–Crippen MR) is 94.2 cm³/mol. The summed E-state index contributed by atoms with van der Waals surface area (Å²) in [7, 11) is 0. The van der Waals surface area contributed by atoms with E-state index in [9.17, 15) is 4.79 Å². The third-order valence-corrected chi connectivity index (χ3v) is 5.83.